The molecule has 0 aliphatic carbocycles. The molecule has 2 aromatic rings. The molecule has 5 heteroatoms. The molecule has 1 aromatic heterocycles. The number of hydrogen-bond donors (Lipinski definition) is 0. The van der Waals surface area contributed by atoms with Gasteiger partial charge in [-0.3, -0.25) is 4.79 Å². The molecule has 136 valence electrons. The van der Waals surface area contributed by atoms with Crippen LogP contribution in [0.4, 0.5) is 0 Å². The molecule has 1 atom stereocenters. The first kappa shape index (κ1) is 19.6. The smallest absolute Gasteiger partial charge is 0.306 e. The van der Waals surface area contributed by atoms with E-state index in [0.29, 0.717) is 24.7 Å². The maximum Gasteiger partial charge on any atom is 0.306 e. The summed E-state index contributed by atoms with van der Waals surface area (Å²) in [5.74, 6) is 1.11. The average Bonchev–Trinajstić information content (AvgIpc) is 3.11. The number of para-hydroxylation sites is 1. The molecule has 0 bridgehead atoms. The number of thioether (sulfide) groups is 1. The quantitative estimate of drug-likeness (QED) is 0.412. The standard InChI is InChI=1S/C20H28N2O2S/c1-3-5-9-17(4-2)16-24-20(23)12-13-25-19-14-21-22(15-19)18-10-7-6-8-11-18/h6-8,10-11,14-15,17H,3-5,9,12-13,16H2,1-2H3. The summed E-state index contributed by atoms with van der Waals surface area (Å²) in [6, 6.07) is 10.00. The Morgan fingerprint density at radius 3 is 2.80 bits per heavy atom. The maximum atomic E-state index is 11.9. The lowest BCUT2D eigenvalue weighted by atomic mass is 10.0. The highest BCUT2D eigenvalue weighted by Crippen LogP contribution is 2.20. The summed E-state index contributed by atoms with van der Waals surface area (Å²) in [5, 5.41) is 4.36. The lowest BCUT2D eigenvalue weighted by Gasteiger charge is -2.14. The van der Waals surface area contributed by atoms with Crippen LogP contribution in [0.3, 0.4) is 0 Å². The van der Waals surface area contributed by atoms with E-state index in [0.717, 1.165) is 23.4 Å². The van der Waals surface area contributed by atoms with Crippen molar-refractivity contribution in [3.05, 3.63) is 42.7 Å². The van der Waals surface area contributed by atoms with Crippen LogP contribution in [0, 0.1) is 5.92 Å². The van der Waals surface area contributed by atoms with Crippen LogP contribution < -0.4 is 0 Å². The minimum absolute atomic E-state index is 0.0992. The van der Waals surface area contributed by atoms with Crippen LogP contribution in [0.5, 0.6) is 0 Å². The van der Waals surface area contributed by atoms with Crippen molar-refractivity contribution >= 4 is 17.7 Å². The number of esters is 1. The minimum atomic E-state index is -0.0992. The second-order valence-corrected chi connectivity index (χ2v) is 7.32. The SMILES string of the molecule is CCCCC(CC)COC(=O)CCSc1cnn(-c2ccccc2)c1. The summed E-state index contributed by atoms with van der Waals surface area (Å²) in [7, 11) is 0. The van der Waals surface area contributed by atoms with Gasteiger partial charge in [0.25, 0.3) is 0 Å². The first-order chi connectivity index (χ1) is 12.2. The van der Waals surface area contributed by atoms with Gasteiger partial charge in [0.05, 0.1) is 24.9 Å². The van der Waals surface area contributed by atoms with Crippen LogP contribution in [-0.4, -0.2) is 28.1 Å². The van der Waals surface area contributed by atoms with Crippen molar-refractivity contribution in [3.8, 4) is 5.69 Å². The van der Waals surface area contributed by atoms with Gasteiger partial charge in [-0.15, -0.1) is 11.8 Å². The summed E-state index contributed by atoms with van der Waals surface area (Å²) in [4.78, 5) is 13.0. The summed E-state index contributed by atoms with van der Waals surface area (Å²) in [5.41, 5.74) is 1.03. The zero-order valence-corrected chi connectivity index (χ0v) is 16.0. The molecule has 0 N–H and O–H groups in total. The number of carbonyl (C=O) groups excluding carboxylic acids is 1. The van der Waals surface area contributed by atoms with Crippen LogP contribution >= 0.6 is 11.8 Å². The third-order valence-electron chi connectivity index (χ3n) is 4.18. The molecule has 0 saturated heterocycles. The molecule has 0 aliphatic rings. The summed E-state index contributed by atoms with van der Waals surface area (Å²) >= 11 is 1.63. The number of nitrogens with zero attached hydrogens (tertiary/aromatic N) is 2. The largest absolute Gasteiger partial charge is 0.465 e. The average molecular weight is 361 g/mol. The number of carbonyl (C=O) groups is 1. The van der Waals surface area contributed by atoms with Gasteiger partial charge < -0.3 is 4.74 Å². The molecular formula is C20H28N2O2S. The van der Waals surface area contributed by atoms with Crippen LogP contribution in [0.1, 0.15) is 46.0 Å². The Morgan fingerprint density at radius 1 is 1.28 bits per heavy atom. The Kier molecular flexibility index (Phi) is 8.60. The molecule has 0 aliphatic heterocycles. The predicted molar refractivity (Wildman–Crippen MR) is 103 cm³/mol. The van der Waals surface area contributed by atoms with E-state index in [2.05, 4.69) is 18.9 Å². The Balaban J connectivity index is 1.68. The van der Waals surface area contributed by atoms with Gasteiger partial charge in [-0.05, 0) is 24.5 Å². The Hall–Kier alpha value is -1.75. The zero-order chi connectivity index (χ0) is 17.9. The van der Waals surface area contributed by atoms with E-state index in [1.54, 1.807) is 11.8 Å². The van der Waals surface area contributed by atoms with Gasteiger partial charge in [-0.1, -0.05) is 51.3 Å². The fraction of sp³-hybridized carbons (Fsp3) is 0.500. The van der Waals surface area contributed by atoms with E-state index in [4.69, 9.17) is 4.74 Å². The number of aromatic nitrogens is 2. The Labute approximate surface area is 155 Å². The monoisotopic (exact) mass is 360 g/mol. The summed E-state index contributed by atoms with van der Waals surface area (Å²) in [6.45, 7) is 4.91. The van der Waals surface area contributed by atoms with E-state index < -0.39 is 0 Å². The van der Waals surface area contributed by atoms with Crippen LogP contribution in [-0.2, 0) is 9.53 Å². The summed E-state index contributed by atoms with van der Waals surface area (Å²) in [6.07, 6.45) is 8.87. The Morgan fingerprint density at radius 2 is 2.08 bits per heavy atom. The van der Waals surface area contributed by atoms with Crippen LogP contribution in [0.15, 0.2) is 47.6 Å². The van der Waals surface area contributed by atoms with Gasteiger partial charge in [-0.25, -0.2) is 4.68 Å². The maximum absolute atomic E-state index is 11.9. The van der Waals surface area contributed by atoms with Gasteiger partial charge in [0, 0.05) is 16.8 Å². The molecule has 0 radical (unpaired) electrons. The van der Waals surface area contributed by atoms with E-state index in [9.17, 15) is 4.79 Å². The van der Waals surface area contributed by atoms with Crippen molar-refractivity contribution in [1.29, 1.82) is 0 Å². The van der Waals surface area contributed by atoms with Crippen LogP contribution in [0.25, 0.3) is 5.69 Å². The van der Waals surface area contributed by atoms with Gasteiger partial charge in [0.1, 0.15) is 0 Å². The number of ether oxygens (including phenoxy) is 1. The molecule has 0 fully saturated rings. The lowest BCUT2D eigenvalue weighted by Crippen LogP contribution is -2.14. The normalized spacial score (nSPS) is 12.1. The second kappa shape index (κ2) is 11.0. The number of hydrogen-bond acceptors (Lipinski definition) is 4. The topological polar surface area (TPSA) is 44.1 Å². The van der Waals surface area contributed by atoms with Crippen molar-refractivity contribution in [2.24, 2.45) is 5.92 Å². The molecule has 1 unspecified atom stereocenters. The molecule has 25 heavy (non-hydrogen) atoms. The number of rotatable bonds is 11. The number of benzene rings is 1. The molecule has 4 nitrogen and oxygen atoms in total. The molecule has 0 amide bonds. The van der Waals surface area contributed by atoms with Gasteiger partial charge in [0.15, 0.2) is 0 Å². The Bertz CT molecular complexity index is 628. The first-order valence-electron chi connectivity index (χ1n) is 9.11. The predicted octanol–water partition coefficient (Wildman–Crippen LogP) is 5.11. The molecule has 0 saturated carbocycles. The van der Waals surface area contributed by atoms with E-state index >= 15 is 0 Å². The van der Waals surface area contributed by atoms with E-state index in [1.165, 1.54) is 12.8 Å². The van der Waals surface area contributed by atoms with E-state index in [1.807, 2.05) is 47.4 Å². The third-order valence-corrected chi connectivity index (χ3v) is 5.13. The minimum Gasteiger partial charge on any atom is -0.465 e. The molecule has 0 spiro atoms. The van der Waals surface area contributed by atoms with Crippen molar-refractivity contribution in [2.45, 2.75) is 50.8 Å². The van der Waals surface area contributed by atoms with Crippen molar-refractivity contribution in [3.63, 3.8) is 0 Å². The van der Waals surface area contributed by atoms with Gasteiger partial charge in [-0.2, -0.15) is 5.10 Å². The fourth-order valence-corrected chi connectivity index (χ4v) is 3.34. The number of unbranched alkanes of at least 4 members (excludes halogenated alkanes) is 1. The van der Waals surface area contributed by atoms with E-state index in [-0.39, 0.29) is 5.97 Å². The lowest BCUT2D eigenvalue weighted by molar-refractivity contribution is -0.144. The van der Waals surface area contributed by atoms with Crippen molar-refractivity contribution < 1.29 is 9.53 Å². The zero-order valence-electron chi connectivity index (χ0n) is 15.2. The highest BCUT2D eigenvalue weighted by atomic mass is 32.2. The molecule has 1 aromatic carbocycles. The first-order valence-corrected chi connectivity index (χ1v) is 10.1. The van der Waals surface area contributed by atoms with Gasteiger partial charge >= 0.3 is 5.97 Å². The molecular weight excluding hydrogens is 332 g/mol. The van der Waals surface area contributed by atoms with Crippen molar-refractivity contribution in [1.82, 2.24) is 9.78 Å². The third kappa shape index (κ3) is 6.94. The highest BCUT2D eigenvalue weighted by molar-refractivity contribution is 7.99. The highest BCUT2D eigenvalue weighted by Gasteiger charge is 2.10. The van der Waals surface area contributed by atoms with Crippen molar-refractivity contribution in [2.75, 3.05) is 12.4 Å². The fourth-order valence-electron chi connectivity index (χ4n) is 2.54. The molecule has 2 rings (SSSR count). The van der Waals surface area contributed by atoms with Gasteiger partial charge in [0.2, 0.25) is 0 Å². The summed E-state index contributed by atoms with van der Waals surface area (Å²) < 4.78 is 7.28. The molecule has 1 heterocycles. The van der Waals surface area contributed by atoms with Crippen LogP contribution in [0.2, 0.25) is 0 Å². The second-order valence-electron chi connectivity index (χ2n) is 6.15.